The minimum atomic E-state index is 0.0706. The summed E-state index contributed by atoms with van der Waals surface area (Å²) in [7, 11) is 0. The maximum Gasteiger partial charge on any atom is 0.238 e. The Morgan fingerprint density at radius 1 is 0.862 bits per heavy atom. The number of nitrogens with zero attached hydrogens (tertiary/aromatic N) is 2. The molecule has 29 heavy (non-hydrogen) atoms. The normalized spacial score (nSPS) is 15.5. The largest absolute Gasteiger partial charge is 0.325 e. The summed E-state index contributed by atoms with van der Waals surface area (Å²) in [6.07, 6.45) is 0. The van der Waals surface area contributed by atoms with Gasteiger partial charge in [0.2, 0.25) is 5.91 Å². The van der Waals surface area contributed by atoms with E-state index in [0.717, 1.165) is 44.0 Å². The molecule has 4 nitrogen and oxygen atoms in total. The van der Waals surface area contributed by atoms with Gasteiger partial charge in [-0.05, 0) is 47.4 Å². The molecule has 4 rings (SSSR count). The summed E-state index contributed by atoms with van der Waals surface area (Å²) in [5.41, 5.74) is 4.64. The lowest BCUT2D eigenvalue weighted by Crippen LogP contribution is -2.48. The molecule has 0 radical (unpaired) electrons. The lowest BCUT2D eigenvalue weighted by atomic mass is 10.0. The molecule has 0 aliphatic carbocycles. The molecule has 3 aromatic rings. The van der Waals surface area contributed by atoms with E-state index >= 15 is 0 Å². The van der Waals surface area contributed by atoms with Gasteiger partial charge in [-0.2, -0.15) is 0 Å². The Morgan fingerprint density at radius 2 is 1.55 bits per heavy atom. The van der Waals surface area contributed by atoms with Crippen molar-refractivity contribution in [2.45, 2.75) is 20.4 Å². The lowest BCUT2D eigenvalue weighted by molar-refractivity contribution is -0.117. The molecule has 150 valence electrons. The number of nitrogens with one attached hydrogen (secondary N) is 1. The number of piperazine rings is 1. The van der Waals surface area contributed by atoms with E-state index in [0.29, 0.717) is 6.54 Å². The first-order valence-electron chi connectivity index (χ1n) is 10.4. The molecular weight excluding hydrogens is 358 g/mol. The van der Waals surface area contributed by atoms with Crippen LogP contribution in [0.25, 0.3) is 10.8 Å². The van der Waals surface area contributed by atoms with Gasteiger partial charge in [-0.25, -0.2) is 0 Å². The first-order chi connectivity index (χ1) is 14.1. The Labute approximate surface area is 173 Å². The maximum atomic E-state index is 12.5. The number of hydrogen-bond donors (Lipinski definition) is 1. The molecule has 3 aromatic carbocycles. The quantitative estimate of drug-likeness (QED) is 0.712. The van der Waals surface area contributed by atoms with Crippen LogP contribution in [0, 0.1) is 13.8 Å². The van der Waals surface area contributed by atoms with Gasteiger partial charge >= 0.3 is 0 Å². The van der Waals surface area contributed by atoms with E-state index in [-0.39, 0.29) is 5.91 Å². The van der Waals surface area contributed by atoms with Crippen LogP contribution in [0.5, 0.6) is 0 Å². The molecule has 1 amide bonds. The summed E-state index contributed by atoms with van der Waals surface area (Å²) < 4.78 is 0. The molecular formula is C25H29N3O. The number of carbonyl (C=O) groups excluding carboxylic acids is 1. The van der Waals surface area contributed by atoms with Crippen LogP contribution in [-0.2, 0) is 11.3 Å². The minimum absolute atomic E-state index is 0.0706. The summed E-state index contributed by atoms with van der Waals surface area (Å²) in [6.45, 7) is 9.35. The second-order valence-corrected chi connectivity index (χ2v) is 7.99. The van der Waals surface area contributed by atoms with Gasteiger partial charge in [0.05, 0.1) is 6.54 Å². The van der Waals surface area contributed by atoms with Crippen LogP contribution < -0.4 is 5.32 Å². The van der Waals surface area contributed by atoms with Gasteiger partial charge in [0.25, 0.3) is 0 Å². The second kappa shape index (κ2) is 8.76. The number of rotatable bonds is 5. The lowest BCUT2D eigenvalue weighted by Gasteiger charge is -2.34. The third kappa shape index (κ3) is 4.66. The first kappa shape index (κ1) is 19.6. The van der Waals surface area contributed by atoms with E-state index < -0.39 is 0 Å². The van der Waals surface area contributed by atoms with Gasteiger partial charge in [-0.15, -0.1) is 0 Å². The van der Waals surface area contributed by atoms with Crippen molar-refractivity contribution < 1.29 is 4.79 Å². The number of aryl methyl sites for hydroxylation is 1. The highest BCUT2D eigenvalue weighted by Gasteiger charge is 2.20. The van der Waals surface area contributed by atoms with Crippen molar-refractivity contribution in [2.75, 3.05) is 38.0 Å². The fourth-order valence-corrected chi connectivity index (χ4v) is 4.06. The zero-order valence-electron chi connectivity index (χ0n) is 17.3. The first-order valence-corrected chi connectivity index (χ1v) is 10.4. The molecule has 0 bridgehead atoms. The van der Waals surface area contributed by atoms with Crippen molar-refractivity contribution in [3.63, 3.8) is 0 Å². The van der Waals surface area contributed by atoms with E-state index in [4.69, 9.17) is 0 Å². The zero-order valence-corrected chi connectivity index (χ0v) is 17.3. The van der Waals surface area contributed by atoms with Gasteiger partial charge < -0.3 is 5.32 Å². The van der Waals surface area contributed by atoms with E-state index in [2.05, 4.69) is 77.5 Å². The van der Waals surface area contributed by atoms with Crippen LogP contribution in [0.3, 0.4) is 0 Å². The van der Waals surface area contributed by atoms with E-state index in [9.17, 15) is 4.79 Å². The van der Waals surface area contributed by atoms with Crippen molar-refractivity contribution in [3.8, 4) is 0 Å². The summed E-state index contributed by atoms with van der Waals surface area (Å²) in [4.78, 5) is 17.2. The number of hydrogen-bond acceptors (Lipinski definition) is 3. The smallest absolute Gasteiger partial charge is 0.238 e. The number of carbonyl (C=O) groups is 1. The molecule has 1 aliphatic heterocycles. The molecule has 1 N–H and O–H groups in total. The topological polar surface area (TPSA) is 35.6 Å². The van der Waals surface area contributed by atoms with Gasteiger partial charge in [-0.3, -0.25) is 14.6 Å². The molecule has 0 unspecified atom stereocenters. The highest BCUT2D eigenvalue weighted by atomic mass is 16.2. The maximum absolute atomic E-state index is 12.5. The highest BCUT2D eigenvalue weighted by Crippen LogP contribution is 2.21. The van der Waals surface area contributed by atoms with E-state index in [1.54, 1.807) is 0 Å². The van der Waals surface area contributed by atoms with Crippen molar-refractivity contribution in [1.29, 1.82) is 0 Å². The monoisotopic (exact) mass is 387 g/mol. The highest BCUT2D eigenvalue weighted by molar-refractivity contribution is 5.93. The Balaban J connectivity index is 1.30. The summed E-state index contributed by atoms with van der Waals surface area (Å²) in [5.74, 6) is 0.0706. The van der Waals surface area contributed by atoms with Crippen LogP contribution in [-0.4, -0.2) is 48.4 Å². The Morgan fingerprint density at radius 3 is 2.38 bits per heavy atom. The second-order valence-electron chi connectivity index (χ2n) is 7.99. The van der Waals surface area contributed by atoms with Crippen LogP contribution in [0.1, 0.15) is 16.7 Å². The van der Waals surface area contributed by atoms with Gasteiger partial charge in [0.1, 0.15) is 0 Å². The zero-order chi connectivity index (χ0) is 20.2. The summed E-state index contributed by atoms with van der Waals surface area (Å²) in [6, 6.07) is 21.2. The Hall–Kier alpha value is -2.69. The molecule has 0 spiro atoms. The number of anilines is 1. The van der Waals surface area contributed by atoms with Crippen molar-refractivity contribution in [1.82, 2.24) is 9.80 Å². The molecule has 1 heterocycles. The number of benzene rings is 3. The van der Waals surface area contributed by atoms with E-state index in [1.807, 2.05) is 12.1 Å². The molecule has 4 heteroatoms. The third-order valence-electron chi connectivity index (χ3n) is 5.98. The Kier molecular flexibility index (Phi) is 5.93. The summed E-state index contributed by atoms with van der Waals surface area (Å²) >= 11 is 0. The van der Waals surface area contributed by atoms with E-state index in [1.165, 1.54) is 21.9 Å². The van der Waals surface area contributed by atoms with Crippen LogP contribution in [0.4, 0.5) is 5.69 Å². The van der Waals surface area contributed by atoms with Crippen molar-refractivity contribution >= 4 is 22.4 Å². The number of amides is 1. The van der Waals surface area contributed by atoms with Crippen molar-refractivity contribution in [2.24, 2.45) is 0 Å². The predicted octanol–water partition coefficient (Wildman–Crippen LogP) is 4.21. The molecule has 0 saturated carbocycles. The summed E-state index contributed by atoms with van der Waals surface area (Å²) in [5, 5.41) is 5.71. The molecule has 1 aliphatic rings. The fourth-order valence-electron chi connectivity index (χ4n) is 4.06. The standard InChI is InChI=1S/C25H29N3O/c1-19-7-5-12-24(20(19)2)26-25(29)18-28-15-13-27(14-16-28)17-22-10-6-9-21-8-3-4-11-23(21)22/h3-12H,13-18H2,1-2H3,(H,26,29). The van der Waals surface area contributed by atoms with Crippen LogP contribution >= 0.6 is 0 Å². The minimum Gasteiger partial charge on any atom is -0.325 e. The predicted molar refractivity (Wildman–Crippen MR) is 120 cm³/mol. The molecule has 0 atom stereocenters. The fraction of sp³-hybridized carbons (Fsp3) is 0.320. The molecule has 0 aromatic heterocycles. The average molecular weight is 388 g/mol. The SMILES string of the molecule is Cc1cccc(NC(=O)CN2CCN(Cc3cccc4ccccc34)CC2)c1C. The van der Waals surface area contributed by atoms with Crippen LogP contribution in [0.2, 0.25) is 0 Å². The number of fused-ring (bicyclic) bond motifs is 1. The van der Waals surface area contributed by atoms with Gasteiger partial charge in [0.15, 0.2) is 0 Å². The Bertz CT molecular complexity index is 1000. The third-order valence-corrected chi connectivity index (χ3v) is 5.98. The van der Waals surface area contributed by atoms with Gasteiger partial charge in [-0.1, -0.05) is 54.6 Å². The van der Waals surface area contributed by atoms with Gasteiger partial charge in [0, 0.05) is 38.4 Å². The molecule has 1 fully saturated rings. The van der Waals surface area contributed by atoms with Crippen molar-refractivity contribution in [3.05, 3.63) is 77.4 Å². The molecule has 1 saturated heterocycles. The average Bonchev–Trinajstić information content (AvgIpc) is 2.73. The van der Waals surface area contributed by atoms with Crippen LogP contribution in [0.15, 0.2) is 60.7 Å².